The molecule has 2 N–H and O–H groups in total. The van der Waals surface area contributed by atoms with Gasteiger partial charge in [-0.2, -0.15) is 0 Å². The summed E-state index contributed by atoms with van der Waals surface area (Å²) in [5, 5.41) is 12.4. The first kappa shape index (κ1) is 13.9. The first-order valence-corrected chi connectivity index (χ1v) is 6.79. The van der Waals surface area contributed by atoms with Gasteiger partial charge < -0.3 is 15.2 Å². The van der Waals surface area contributed by atoms with Crippen LogP contribution in [0, 0.1) is 5.92 Å². The van der Waals surface area contributed by atoms with E-state index in [0.717, 1.165) is 31.4 Å². The maximum atomic E-state index is 11.9. The number of carbonyl (C=O) groups is 1. The van der Waals surface area contributed by atoms with Crippen LogP contribution in [-0.4, -0.2) is 30.8 Å². The van der Waals surface area contributed by atoms with Crippen molar-refractivity contribution in [3.05, 3.63) is 29.8 Å². The standard InChI is InChI=1S/C15H21NO3/c1-19-14-8-4-12(5-9-14)15(18)16-10-11-2-6-13(17)7-3-11/h4-5,8-9,11,13,17H,2-3,6-7,10H2,1H3,(H,16,18). The fourth-order valence-electron chi connectivity index (χ4n) is 2.43. The van der Waals surface area contributed by atoms with Gasteiger partial charge in [0.15, 0.2) is 0 Å². The minimum atomic E-state index is -0.145. The van der Waals surface area contributed by atoms with Crippen LogP contribution in [0.2, 0.25) is 0 Å². The quantitative estimate of drug-likeness (QED) is 0.873. The normalized spacial score (nSPS) is 22.8. The number of aliphatic hydroxyl groups is 1. The van der Waals surface area contributed by atoms with E-state index >= 15 is 0 Å². The molecule has 0 heterocycles. The summed E-state index contributed by atoms with van der Waals surface area (Å²) in [4.78, 5) is 11.9. The molecule has 0 bridgehead atoms. The van der Waals surface area contributed by atoms with Crippen LogP contribution in [0.5, 0.6) is 5.75 Å². The zero-order chi connectivity index (χ0) is 13.7. The van der Waals surface area contributed by atoms with Gasteiger partial charge in [-0.15, -0.1) is 0 Å². The fourth-order valence-corrected chi connectivity index (χ4v) is 2.43. The van der Waals surface area contributed by atoms with E-state index in [1.807, 2.05) is 0 Å². The second-order valence-corrected chi connectivity index (χ2v) is 5.11. The molecule has 104 valence electrons. The van der Waals surface area contributed by atoms with Gasteiger partial charge in [0.2, 0.25) is 0 Å². The van der Waals surface area contributed by atoms with Crippen LogP contribution in [0.25, 0.3) is 0 Å². The molecule has 1 fully saturated rings. The zero-order valence-electron chi connectivity index (χ0n) is 11.3. The van der Waals surface area contributed by atoms with E-state index in [4.69, 9.17) is 4.74 Å². The van der Waals surface area contributed by atoms with Gasteiger partial charge in [0.05, 0.1) is 13.2 Å². The highest BCUT2D eigenvalue weighted by Crippen LogP contribution is 2.23. The molecule has 4 heteroatoms. The second-order valence-electron chi connectivity index (χ2n) is 5.11. The van der Waals surface area contributed by atoms with Crippen molar-refractivity contribution in [3.63, 3.8) is 0 Å². The van der Waals surface area contributed by atoms with E-state index in [9.17, 15) is 9.90 Å². The number of nitrogens with one attached hydrogen (secondary N) is 1. The van der Waals surface area contributed by atoms with Gasteiger partial charge in [0, 0.05) is 12.1 Å². The smallest absolute Gasteiger partial charge is 0.251 e. The molecule has 0 saturated heterocycles. The Balaban J connectivity index is 1.80. The molecule has 0 radical (unpaired) electrons. The highest BCUT2D eigenvalue weighted by molar-refractivity contribution is 5.94. The van der Waals surface area contributed by atoms with Gasteiger partial charge in [-0.1, -0.05) is 0 Å². The molecule has 19 heavy (non-hydrogen) atoms. The van der Waals surface area contributed by atoms with Crippen molar-refractivity contribution in [2.45, 2.75) is 31.8 Å². The molecular weight excluding hydrogens is 242 g/mol. The summed E-state index contributed by atoms with van der Waals surface area (Å²) in [7, 11) is 1.60. The molecule has 0 atom stereocenters. The van der Waals surface area contributed by atoms with Gasteiger partial charge in [-0.25, -0.2) is 0 Å². The molecule has 2 rings (SSSR count). The first-order chi connectivity index (χ1) is 9.19. The summed E-state index contributed by atoms with van der Waals surface area (Å²) in [6.07, 6.45) is 3.54. The minimum Gasteiger partial charge on any atom is -0.497 e. The number of aliphatic hydroxyl groups excluding tert-OH is 1. The lowest BCUT2D eigenvalue weighted by atomic mass is 9.87. The summed E-state index contributed by atoms with van der Waals surface area (Å²) < 4.78 is 5.06. The minimum absolute atomic E-state index is 0.0474. The fraction of sp³-hybridized carbons (Fsp3) is 0.533. The summed E-state index contributed by atoms with van der Waals surface area (Å²) in [5.74, 6) is 1.19. The summed E-state index contributed by atoms with van der Waals surface area (Å²) in [6.45, 7) is 0.692. The maximum absolute atomic E-state index is 11.9. The van der Waals surface area contributed by atoms with Crippen LogP contribution in [0.1, 0.15) is 36.0 Å². The van der Waals surface area contributed by atoms with Crippen LogP contribution in [-0.2, 0) is 0 Å². The van der Waals surface area contributed by atoms with E-state index < -0.39 is 0 Å². The highest BCUT2D eigenvalue weighted by atomic mass is 16.5. The Morgan fingerprint density at radius 1 is 1.26 bits per heavy atom. The van der Waals surface area contributed by atoms with Gasteiger partial charge in [0.25, 0.3) is 5.91 Å². The van der Waals surface area contributed by atoms with E-state index in [1.165, 1.54) is 0 Å². The Bertz CT molecular complexity index is 408. The number of methoxy groups -OCH3 is 1. The summed E-state index contributed by atoms with van der Waals surface area (Å²) >= 11 is 0. The van der Waals surface area contributed by atoms with Crippen molar-refractivity contribution in [2.75, 3.05) is 13.7 Å². The van der Waals surface area contributed by atoms with Crippen molar-refractivity contribution in [1.82, 2.24) is 5.32 Å². The molecule has 0 aliphatic heterocycles. The van der Waals surface area contributed by atoms with E-state index in [0.29, 0.717) is 18.0 Å². The van der Waals surface area contributed by atoms with Crippen LogP contribution in [0.15, 0.2) is 24.3 Å². The number of carbonyl (C=O) groups excluding carboxylic acids is 1. The summed E-state index contributed by atoms with van der Waals surface area (Å²) in [5.41, 5.74) is 0.650. The maximum Gasteiger partial charge on any atom is 0.251 e. The summed E-state index contributed by atoms with van der Waals surface area (Å²) in [6, 6.07) is 7.09. The van der Waals surface area contributed by atoms with Gasteiger partial charge in [0.1, 0.15) is 5.75 Å². The first-order valence-electron chi connectivity index (χ1n) is 6.79. The second kappa shape index (κ2) is 6.57. The van der Waals surface area contributed by atoms with Crippen molar-refractivity contribution in [3.8, 4) is 5.75 Å². The van der Waals surface area contributed by atoms with E-state index in [-0.39, 0.29) is 12.0 Å². The van der Waals surface area contributed by atoms with Crippen molar-refractivity contribution in [1.29, 1.82) is 0 Å². The van der Waals surface area contributed by atoms with E-state index in [2.05, 4.69) is 5.32 Å². The van der Waals surface area contributed by atoms with Gasteiger partial charge in [-0.3, -0.25) is 4.79 Å². The van der Waals surface area contributed by atoms with Gasteiger partial charge >= 0.3 is 0 Å². The Morgan fingerprint density at radius 3 is 2.47 bits per heavy atom. The number of benzene rings is 1. The lowest BCUT2D eigenvalue weighted by Crippen LogP contribution is -2.32. The lowest BCUT2D eigenvalue weighted by Gasteiger charge is -2.25. The lowest BCUT2D eigenvalue weighted by molar-refractivity contribution is 0.0910. The van der Waals surface area contributed by atoms with Crippen LogP contribution < -0.4 is 10.1 Å². The molecule has 0 spiro atoms. The third-order valence-electron chi connectivity index (χ3n) is 3.72. The SMILES string of the molecule is COc1ccc(C(=O)NCC2CCC(O)CC2)cc1. The largest absolute Gasteiger partial charge is 0.497 e. The molecule has 1 aromatic rings. The molecule has 1 aliphatic carbocycles. The number of amides is 1. The Hall–Kier alpha value is -1.55. The molecule has 1 saturated carbocycles. The van der Waals surface area contributed by atoms with Crippen LogP contribution in [0.4, 0.5) is 0 Å². The third kappa shape index (κ3) is 3.96. The molecule has 0 unspecified atom stereocenters. The number of hydrogen-bond acceptors (Lipinski definition) is 3. The Morgan fingerprint density at radius 2 is 1.89 bits per heavy atom. The highest BCUT2D eigenvalue weighted by Gasteiger charge is 2.19. The van der Waals surface area contributed by atoms with Crippen molar-refractivity contribution < 1.29 is 14.6 Å². The molecule has 1 aliphatic rings. The number of ether oxygens (including phenoxy) is 1. The zero-order valence-corrected chi connectivity index (χ0v) is 11.3. The molecule has 0 aromatic heterocycles. The molecule has 1 amide bonds. The van der Waals surface area contributed by atoms with Crippen LogP contribution in [0.3, 0.4) is 0 Å². The Kier molecular flexibility index (Phi) is 4.80. The molecule has 4 nitrogen and oxygen atoms in total. The predicted molar refractivity (Wildman–Crippen MR) is 73.3 cm³/mol. The third-order valence-corrected chi connectivity index (χ3v) is 3.72. The Labute approximate surface area is 113 Å². The number of hydrogen-bond donors (Lipinski definition) is 2. The number of rotatable bonds is 4. The average Bonchev–Trinajstić information content (AvgIpc) is 2.46. The van der Waals surface area contributed by atoms with Crippen LogP contribution >= 0.6 is 0 Å². The van der Waals surface area contributed by atoms with E-state index in [1.54, 1.807) is 31.4 Å². The molecule has 1 aromatic carbocycles. The molecular formula is C15H21NO3. The van der Waals surface area contributed by atoms with Crippen molar-refractivity contribution in [2.24, 2.45) is 5.92 Å². The predicted octanol–water partition coefficient (Wildman–Crippen LogP) is 1.98. The topological polar surface area (TPSA) is 58.6 Å². The van der Waals surface area contributed by atoms with Gasteiger partial charge in [-0.05, 0) is 55.9 Å². The average molecular weight is 263 g/mol. The monoisotopic (exact) mass is 263 g/mol. The van der Waals surface area contributed by atoms with Crippen molar-refractivity contribution >= 4 is 5.91 Å².